The highest BCUT2D eigenvalue weighted by Crippen LogP contribution is 2.42. The number of aromatic nitrogens is 2. The summed E-state index contributed by atoms with van der Waals surface area (Å²) in [6.07, 6.45) is 9.06. The minimum atomic E-state index is -0.843. The lowest BCUT2D eigenvalue weighted by molar-refractivity contribution is 0.267. The smallest absolute Gasteiger partial charge is 0.250 e. The van der Waals surface area contributed by atoms with E-state index in [4.69, 9.17) is 10.1 Å². The van der Waals surface area contributed by atoms with Crippen molar-refractivity contribution in [1.82, 2.24) is 9.97 Å². The van der Waals surface area contributed by atoms with E-state index in [2.05, 4.69) is 16.1 Å². The van der Waals surface area contributed by atoms with Crippen LogP contribution >= 0.6 is 0 Å². The van der Waals surface area contributed by atoms with E-state index in [1.54, 1.807) is 12.3 Å². The second-order valence-corrected chi connectivity index (χ2v) is 8.33. The Morgan fingerprint density at radius 1 is 1.09 bits per heavy atom. The van der Waals surface area contributed by atoms with Gasteiger partial charge in [0.1, 0.15) is 0 Å². The fourth-order valence-corrected chi connectivity index (χ4v) is 4.59. The molecule has 2 atom stereocenters. The summed E-state index contributed by atoms with van der Waals surface area (Å²) in [5, 5.41) is 9.11. The summed E-state index contributed by atoms with van der Waals surface area (Å²) in [4.78, 5) is 13.9. The van der Waals surface area contributed by atoms with Gasteiger partial charge in [-0.25, -0.2) is 23.7 Å². The van der Waals surface area contributed by atoms with Crippen molar-refractivity contribution in [3.8, 4) is 11.3 Å². The van der Waals surface area contributed by atoms with Gasteiger partial charge in [0.2, 0.25) is 5.95 Å². The van der Waals surface area contributed by atoms with Crippen molar-refractivity contribution >= 4 is 11.7 Å². The number of rotatable bonds is 4. The lowest BCUT2D eigenvalue weighted by atomic mass is 9.78. The quantitative estimate of drug-likeness (QED) is 0.591. The number of nitrogens with zero attached hydrogens (tertiary/aromatic N) is 3. The van der Waals surface area contributed by atoms with Crippen LogP contribution in [0.5, 0.6) is 0 Å². The summed E-state index contributed by atoms with van der Waals surface area (Å²) in [6, 6.07) is 12.0. The molecule has 6 heteroatoms. The van der Waals surface area contributed by atoms with Gasteiger partial charge >= 0.3 is 0 Å². The monoisotopic (exact) mass is 431 g/mol. The topological polar surface area (TPSA) is 58.4 Å². The number of fused-ring (bicyclic) bond motifs is 3. The van der Waals surface area contributed by atoms with Crippen molar-refractivity contribution < 1.29 is 13.9 Å². The Balaban J connectivity index is 1.49. The largest absolute Gasteiger partial charge is 0.396 e. The van der Waals surface area contributed by atoms with Crippen LogP contribution in [-0.2, 0) is 6.42 Å². The molecular weight excluding hydrogens is 408 g/mol. The average molecular weight is 431 g/mol. The lowest BCUT2D eigenvalue weighted by Gasteiger charge is -2.27. The van der Waals surface area contributed by atoms with Crippen LogP contribution in [0.15, 0.2) is 65.8 Å². The molecule has 0 bridgehead atoms. The van der Waals surface area contributed by atoms with E-state index in [1.165, 1.54) is 12.1 Å². The van der Waals surface area contributed by atoms with E-state index in [9.17, 15) is 8.78 Å². The molecule has 0 spiro atoms. The average Bonchev–Trinajstić information content (AvgIpc) is 2.82. The van der Waals surface area contributed by atoms with E-state index >= 15 is 0 Å². The first-order valence-electron chi connectivity index (χ1n) is 10.9. The van der Waals surface area contributed by atoms with Crippen molar-refractivity contribution in [3.63, 3.8) is 0 Å². The van der Waals surface area contributed by atoms with Crippen LogP contribution in [0.2, 0.25) is 0 Å². The van der Waals surface area contributed by atoms with Gasteiger partial charge in [-0.2, -0.15) is 0 Å². The maximum Gasteiger partial charge on any atom is 0.250 e. The molecule has 2 aromatic carbocycles. The van der Waals surface area contributed by atoms with Crippen LogP contribution in [0.3, 0.4) is 0 Å². The molecule has 4 nitrogen and oxygen atoms in total. The zero-order valence-corrected chi connectivity index (χ0v) is 17.5. The summed E-state index contributed by atoms with van der Waals surface area (Å²) >= 11 is 0. The summed E-state index contributed by atoms with van der Waals surface area (Å²) in [6.45, 7) is 0.195. The third-order valence-electron chi connectivity index (χ3n) is 6.29. The molecule has 2 aliphatic carbocycles. The molecule has 0 radical (unpaired) electrons. The molecule has 5 rings (SSSR count). The maximum atomic E-state index is 13.9. The first-order chi connectivity index (χ1) is 15.6. The highest BCUT2D eigenvalue weighted by Gasteiger charge is 2.28. The first-order valence-corrected chi connectivity index (χ1v) is 10.9. The minimum Gasteiger partial charge on any atom is -0.396 e. The number of aliphatic hydroxyl groups is 1. The third-order valence-corrected chi connectivity index (χ3v) is 6.29. The Hall–Kier alpha value is -3.25. The number of allylic oxidation sites excluding steroid dienone is 2. The van der Waals surface area contributed by atoms with E-state index in [-0.39, 0.29) is 12.5 Å². The van der Waals surface area contributed by atoms with Crippen molar-refractivity contribution in [2.75, 3.05) is 6.61 Å². The first kappa shape index (κ1) is 20.6. The van der Waals surface area contributed by atoms with Crippen molar-refractivity contribution in [3.05, 3.63) is 89.1 Å². The molecule has 0 saturated carbocycles. The zero-order chi connectivity index (χ0) is 22.1. The Morgan fingerprint density at radius 2 is 1.97 bits per heavy atom. The predicted molar refractivity (Wildman–Crippen MR) is 120 cm³/mol. The van der Waals surface area contributed by atoms with Crippen LogP contribution in [0.4, 0.5) is 14.7 Å². The van der Waals surface area contributed by atoms with Crippen LogP contribution in [0, 0.1) is 17.6 Å². The molecule has 162 valence electrons. The predicted octanol–water partition coefficient (Wildman–Crippen LogP) is 5.53. The Kier molecular flexibility index (Phi) is 5.62. The molecule has 0 aliphatic heterocycles. The summed E-state index contributed by atoms with van der Waals surface area (Å²) < 4.78 is 27.4. The molecule has 0 amide bonds. The molecule has 32 heavy (non-hydrogen) atoms. The molecular formula is C26H23F2N3O. The van der Waals surface area contributed by atoms with Gasteiger partial charge in [-0.3, -0.25) is 0 Å². The van der Waals surface area contributed by atoms with Gasteiger partial charge in [-0.05, 0) is 66.5 Å². The van der Waals surface area contributed by atoms with Gasteiger partial charge in [-0.1, -0.05) is 36.4 Å². The number of halogens is 2. The van der Waals surface area contributed by atoms with Gasteiger partial charge in [0.05, 0.1) is 5.69 Å². The fourth-order valence-electron chi connectivity index (χ4n) is 4.59. The summed E-state index contributed by atoms with van der Waals surface area (Å²) in [5.41, 5.74) is 5.47. The van der Waals surface area contributed by atoms with Gasteiger partial charge in [0.25, 0.3) is 0 Å². The van der Waals surface area contributed by atoms with E-state index in [1.807, 2.05) is 30.3 Å². The molecule has 2 aliphatic rings. The third kappa shape index (κ3) is 3.98. The minimum absolute atomic E-state index is 0.0979. The van der Waals surface area contributed by atoms with Crippen molar-refractivity contribution in [2.45, 2.75) is 31.6 Å². The van der Waals surface area contributed by atoms with Crippen molar-refractivity contribution in [1.29, 1.82) is 0 Å². The summed E-state index contributed by atoms with van der Waals surface area (Å²) in [5.74, 6) is -0.965. The number of benzene rings is 2. The van der Waals surface area contributed by atoms with E-state index < -0.39 is 11.6 Å². The van der Waals surface area contributed by atoms with Gasteiger partial charge in [-0.15, -0.1) is 0 Å². The Morgan fingerprint density at radius 3 is 2.75 bits per heavy atom. The highest BCUT2D eigenvalue weighted by atomic mass is 19.2. The molecule has 0 saturated heterocycles. The lowest BCUT2D eigenvalue weighted by Crippen LogP contribution is -2.14. The van der Waals surface area contributed by atoms with Gasteiger partial charge in [0, 0.05) is 30.0 Å². The SMILES string of the molecule is OCCC1C=CC(=Nc2ncc3c(n2)-c2ccccc2C(c2ccc(F)c(F)c2)C3)CC1. The number of hydrogen-bond donors (Lipinski definition) is 1. The maximum absolute atomic E-state index is 13.9. The second-order valence-electron chi connectivity index (χ2n) is 8.33. The summed E-state index contributed by atoms with van der Waals surface area (Å²) in [7, 11) is 0. The van der Waals surface area contributed by atoms with Gasteiger partial charge < -0.3 is 5.11 Å². The zero-order valence-electron chi connectivity index (χ0n) is 17.5. The molecule has 1 N–H and O–H groups in total. The standard InChI is InChI=1S/C26H23F2N3O/c27-23-10-7-17(14-24(23)28)22-13-18-15-29-26(30-19-8-5-16(6-9-19)11-12-32)31-25(18)21-4-2-1-3-20(21)22/h1-5,7-8,10,14-16,22,32H,6,9,11-13H2. The molecule has 1 heterocycles. The van der Waals surface area contributed by atoms with Crippen LogP contribution in [0.1, 0.15) is 41.9 Å². The van der Waals surface area contributed by atoms with Gasteiger partial charge in [0.15, 0.2) is 11.6 Å². The fraction of sp³-hybridized carbons (Fsp3) is 0.269. The van der Waals surface area contributed by atoms with E-state index in [0.717, 1.165) is 52.9 Å². The molecule has 1 aromatic heterocycles. The normalized spacial score (nSPS) is 20.8. The molecule has 2 unspecified atom stereocenters. The van der Waals surface area contributed by atoms with Crippen LogP contribution in [0.25, 0.3) is 11.3 Å². The molecule has 3 aromatic rings. The molecule has 0 fully saturated rings. The number of aliphatic hydroxyl groups excluding tert-OH is 1. The number of aliphatic imine (C=N–C) groups is 1. The van der Waals surface area contributed by atoms with E-state index in [0.29, 0.717) is 18.3 Å². The second kappa shape index (κ2) is 8.71. The Labute approximate surface area is 185 Å². The number of hydrogen-bond acceptors (Lipinski definition) is 4. The van der Waals surface area contributed by atoms with Crippen molar-refractivity contribution in [2.24, 2.45) is 10.9 Å². The Bertz CT molecular complexity index is 1220. The van der Waals surface area contributed by atoms with Crippen LogP contribution < -0.4 is 0 Å². The van der Waals surface area contributed by atoms with Crippen LogP contribution in [-0.4, -0.2) is 27.4 Å². The highest BCUT2D eigenvalue weighted by molar-refractivity contribution is 5.97.